The van der Waals surface area contributed by atoms with Gasteiger partial charge in [0.25, 0.3) is 0 Å². The van der Waals surface area contributed by atoms with Gasteiger partial charge in [0, 0.05) is 12.0 Å². The number of terminal acetylenes is 1. The first-order valence-corrected chi connectivity index (χ1v) is 5.18. The molecule has 0 amide bonds. The van der Waals surface area contributed by atoms with Gasteiger partial charge in [0.15, 0.2) is 5.78 Å². The number of halogens is 3. The average molecular weight is 255 g/mol. The molecule has 1 rings (SSSR count). The molecule has 96 valence electrons. The van der Waals surface area contributed by atoms with E-state index >= 15 is 0 Å². The molecule has 0 aromatic heterocycles. The van der Waals surface area contributed by atoms with E-state index in [9.17, 15) is 18.0 Å². The van der Waals surface area contributed by atoms with Crippen molar-refractivity contribution in [2.75, 3.05) is 0 Å². The predicted octanol–water partition coefficient (Wildman–Crippen LogP) is 2.55. The molecular formula is C13H12F3NO. The van der Waals surface area contributed by atoms with Crippen LogP contribution in [0.4, 0.5) is 13.2 Å². The van der Waals surface area contributed by atoms with Gasteiger partial charge in [0.2, 0.25) is 0 Å². The minimum absolute atomic E-state index is 0.0549. The normalized spacial score (nSPS) is 12.9. The fraction of sp³-hybridized carbons (Fsp3) is 0.308. The summed E-state index contributed by atoms with van der Waals surface area (Å²) in [6.45, 7) is 1.44. The summed E-state index contributed by atoms with van der Waals surface area (Å²) in [6.07, 6.45) is 0.665. The van der Waals surface area contributed by atoms with Crippen molar-refractivity contribution in [2.24, 2.45) is 5.73 Å². The summed E-state index contributed by atoms with van der Waals surface area (Å²) in [5, 5.41) is 0. The van der Waals surface area contributed by atoms with Crippen molar-refractivity contribution in [3.63, 3.8) is 0 Å². The molecule has 18 heavy (non-hydrogen) atoms. The second kappa shape index (κ2) is 5.23. The molecule has 0 aliphatic heterocycles. The maximum atomic E-state index is 12.4. The molecule has 0 heterocycles. The lowest BCUT2D eigenvalue weighted by atomic mass is 9.96. The summed E-state index contributed by atoms with van der Waals surface area (Å²) in [4.78, 5) is 11.8. The first-order valence-electron chi connectivity index (χ1n) is 5.18. The van der Waals surface area contributed by atoms with Gasteiger partial charge < -0.3 is 5.73 Å². The van der Waals surface area contributed by atoms with Gasteiger partial charge >= 0.3 is 6.18 Å². The number of hydrogen-bond donors (Lipinski definition) is 1. The summed E-state index contributed by atoms with van der Waals surface area (Å²) in [6, 6.07) is 2.04. The lowest BCUT2D eigenvalue weighted by Gasteiger charge is -2.12. The van der Waals surface area contributed by atoms with Crippen molar-refractivity contribution < 1.29 is 18.0 Å². The second-order valence-electron chi connectivity index (χ2n) is 3.91. The Morgan fingerprint density at radius 3 is 2.56 bits per heavy atom. The van der Waals surface area contributed by atoms with Gasteiger partial charge in [-0.15, -0.1) is 12.3 Å². The van der Waals surface area contributed by atoms with E-state index in [-0.39, 0.29) is 17.5 Å². The summed E-state index contributed by atoms with van der Waals surface area (Å²) in [5.41, 5.74) is 5.16. The van der Waals surface area contributed by atoms with Crippen LogP contribution in [-0.4, -0.2) is 11.8 Å². The SMILES string of the molecule is C#CCC(N)C(=O)c1ccc(C(F)(F)F)cc1C. The number of rotatable bonds is 3. The number of alkyl halides is 3. The van der Waals surface area contributed by atoms with Crippen molar-refractivity contribution in [3.05, 3.63) is 34.9 Å². The number of nitrogens with two attached hydrogens (primary N) is 1. The smallest absolute Gasteiger partial charge is 0.320 e. The molecule has 0 saturated carbocycles. The molecule has 0 aliphatic rings. The molecule has 0 radical (unpaired) electrons. The van der Waals surface area contributed by atoms with E-state index in [1.807, 2.05) is 0 Å². The lowest BCUT2D eigenvalue weighted by molar-refractivity contribution is -0.137. The van der Waals surface area contributed by atoms with Crippen molar-refractivity contribution >= 4 is 5.78 Å². The maximum Gasteiger partial charge on any atom is 0.416 e. The predicted molar refractivity (Wildman–Crippen MR) is 61.9 cm³/mol. The van der Waals surface area contributed by atoms with Gasteiger partial charge in [-0.2, -0.15) is 13.2 Å². The molecule has 0 saturated heterocycles. The Morgan fingerprint density at radius 1 is 1.50 bits per heavy atom. The zero-order chi connectivity index (χ0) is 13.9. The van der Waals surface area contributed by atoms with E-state index in [2.05, 4.69) is 5.92 Å². The first-order chi connectivity index (χ1) is 8.27. The minimum atomic E-state index is -4.42. The van der Waals surface area contributed by atoms with Crippen LogP contribution in [0.1, 0.15) is 27.9 Å². The number of carbonyl (C=O) groups is 1. The molecule has 1 aromatic carbocycles. The van der Waals surface area contributed by atoms with Gasteiger partial charge in [-0.1, -0.05) is 6.07 Å². The van der Waals surface area contributed by atoms with Crippen molar-refractivity contribution in [1.82, 2.24) is 0 Å². The van der Waals surface area contributed by atoms with Crippen molar-refractivity contribution in [3.8, 4) is 12.3 Å². The largest absolute Gasteiger partial charge is 0.416 e. The molecule has 5 heteroatoms. The average Bonchev–Trinajstić information content (AvgIpc) is 2.27. The number of carbonyl (C=O) groups excluding carboxylic acids is 1. The Kier molecular flexibility index (Phi) is 4.15. The Bertz CT molecular complexity index is 500. The van der Waals surface area contributed by atoms with Crippen LogP contribution >= 0.6 is 0 Å². The number of Topliss-reactive ketones (excluding diaryl/α,β-unsaturated/α-hetero) is 1. The summed E-state index contributed by atoms with van der Waals surface area (Å²) in [5.74, 6) is 1.80. The third-order valence-electron chi connectivity index (χ3n) is 2.49. The van der Waals surface area contributed by atoms with Gasteiger partial charge in [0.1, 0.15) is 0 Å². The fourth-order valence-electron chi connectivity index (χ4n) is 1.54. The van der Waals surface area contributed by atoms with Crippen molar-refractivity contribution in [2.45, 2.75) is 25.6 Å². The van der Waals surface area contributed by atoms with Crippen LogP contribution in [0.2, 0.25) is 0 Å². The number of hydrogen-bond acceptors (Lipinski definition) is 2. The molecule has 0 bridgehead atoms. The van der Waals surface area contributed by atoms with Crippen LogP contribution in [0, 0.1) is 19.3 Å². The summed E-state index contributed by atoms with van der Waals surface area (Å²) < 4.78 is 37.3. The van der Waals surface area contributed by atoms with Crippen LogP contribution < -0.4 is 5.73 Å². The third-order valence-corrected chi connectivity index (χ3v) is 2.49. The number of ketones is 1. The molecule has 0 aliphatic carbocycles. The lowest BCUT2D eigenvalue weighted by Crippen LogP contribution is -2.30. The van der Waals surface area contributed by atoms with E-state index in [1.165, 1.54) is 6.92 Å². The molecule has 1 unspecified atom stereocenters. The summed E-state index contributed by atoms with van der Waals surface area (Å²) in [7, 11) is 0. The van der Waals surface area contributed by atoms with Crippen LogP contribution in [0.15, 0.2) is 18.2 Å². The third kappa shape index (κ3) is 3.11. The molecular weight excluding hydrogens is 243 g/mol. The molecule has 1 aromatic rings. The monoisotopic (exact) mass is 255 g/mol. The van der Waals surface area contributed by atoms with Gasteiger partial charge in [-0.3, -0.25) is 4.79 Å². The highest BCUT2D eigenvalue weighted by Gasteiger charge is 2.31. The molecule has 2 nitrogen and oxygen atoms in total. The number of aryl methyl sites for hydroxylation is 1. The fourth-order valence-corrected chi connectivity index (χ4v) is 1.54. The van der Waals surface area contributed by atoms with Crippen molar-refractivity contribution in [1.29, 1.82) is 0 Å². The Morgan fingerprint density at radius 2 is 2.11 bits per heavy atom. The molecule has 2 N–H and O–H groups in total. The highest BCUT2D eigenvalue weighted by Crippen LogP contribution is 2.30. The van der Waals surface area contributed by atoms with Gasteiger partial charge in [-0.25, -0.2) is 0 Å². The quantitative estimate of drug-likeness (QED) is 0.666. The Hall–Kier alpha value is -1.80. The molecule has 1 atom stereocenters. The maximum absolute atomic E-state index is 12.4. The van der Waals surface area contributed by atoms with Crippen LogP contribution in [0.3, 0.4) is 0 Å². The highest BCUT2D eigenvalue weighted by atomic mass is 19.4. The second-order valence-corrected chi connectivity index (χ2v) is 3.91. The Labute approximate surface area is 103 Å². The standard InChI is InChI=1S/C13H12F3NO/c1-3-4-11(17)12(18)10-6-5-9(7-8(10)2)13(14,15)16/h1,5-7,11H,4,17H2,2H3. The van der Waals surface area contributed by atoms with E-state index in [4.69, 9.17) is 12.2 Å². The first kappa shape index (κ1) is 14.3. The highest BCUT2D eigenvalue weighted by molar-refractivity contribution is 6.01. The zero-order valence-electron chi connectivity index (χ0n) is 9.71. The van der Waals surface area contributed by atoms with E-state index in [0.29, 0.717) is 0 Å². The topological polar surface area (TPSA) is 43.1 Å². The molecule has 0 spiro atoms. The van der Waals surface area contributed by atoms with E-state index in [1.54, 1.807) is 0 Å². The Balaban J connectivity index is 3.07. The van der Waals surface area contributed by atoms with E-state index < -0.39 is 23.6 Å². The van der Waals surface area contributed by atoms with Crippen LogP contribution in [-0.2, 0) is 6.18 Å². The molecule has 0 fully saturated rings. The summed E-state index contributed by atoms with van der Waals surface area (Å²) >= 11 is 0. The van der Waals surface area contributed by atoms with Crippen LogP contribution in [0.25, 0.3) is 0 Å². The zero-order valence-corrected chi connectivity index (χ0v) is 9.71. The minimum Gasteiger partial charge on any atom is -0.320 e. The van der Waals surface area contributed by atoms with E-state index in [0.717, 1.165) is 18.2 Å². The van der Waals surface area contributed by atoms with Gasteiger partial charge in [0.05, 0.1) is 11.6 Å². The van der Waals surface area contributed by atoms with Gasteiger partial charge in [-0.05, 0) is 24.6 Å². The van der Waals surface area contributed by atoms with Crippen LogP contribution in [0.5, 0.6) is 0 Å². The number of benzene rings is 1.